The summed E-state index contributed by atoms with van der Waals surface area (Å²) in [5.41, 5.74) is 0.441. The van der Waals surface area contributed by atoms with E-state index in [-0.39, 0.29) is 11.9 Å². The van der Waals surface area contributed by atoms with E-state index in [1.165, 1.54) is 0 Å². The van der Waals surface area contributed by atoms with Crippen LogP contribution in [0.5, 0.6) is 0 Å². The van der Waals surface area contributed by atoms with Gasteiger partial charge in [-0.15, -0.1) is 12.6 Å². The SMILES string of the molecule is O=C(NC1CCS(=O)CC1)c1cc(S)ccc1Cl. The van der Waals surface area contributed by atoms with Crippen molar-refractivity contribution >= 4 is 40.9 Å². The van der Waals surface area contributed by atoms with Gasteiger partial charge in [0.2, 0.25) is 0 Å². The molecule has 1 N–H and O–H groups in total. The number of hydrogen-bond donors (Lipinski definition) is 2. The molecule has 1 aliphatic heterocycles. The number of hydrogen-bond acceptors (Lipinski definition) is 3. The van der Waals surface area contributed by atoms with Gasteiger partial charge in [-0.1, -0.05) is 11.6 Å². The maximum atomic E-state index is 12.1. The average Bonchev–Trinajstić information content (AvgIpc) is 2.35. The highest BCUT2D eigenvalue weighted by Crippen LogP contribution is 2.20. The zero-order valence-electron chi connectivity index (χ0n) is 9.69. The minimum atomic E-state index is -0.718. The minimum absolute atomic E-state index is 0.0924. The van der Waals surface area contributed by atoms with Crippen LogP contribution < -0.4 is 5.32 Å². The van der Waals surface area contributed by atoms with Gasteiger partial charge in [0.15, 0.2) is 0 Å². The first-order chi connectivity index (χ1) is 8.56. The zero-order valence-corrected chi connectivity index (χ0v) is 12.2. The number of nitrogens with one attached hydrogen (secondary N) is 1. The van der Waals surface area contributed by atoms with E-state index in [9.17, 15) is 9.00 Å². The molecule has 0 radical (unpaired) electrons. The van der Waals surface area contributed by atoms with Gasteiger partial charge >= 0.3 is 0 Å². The van der Waals surface area contributed by atoms with Crippen molar-refractivity contribution in [3.63, 3.8) is 0 Å². The highest BCUT2D eigenvalue weighted by molar-refractivity contribution is 7.85. The highest BCUT2D eigenvalue weighted by Gasteiger charge is 2.21. The lowest BCUT2D eigenvalue weighted by atomic mass is 10.1. The van der Waals surface area contributed by atoms with E-state index in [0.717, 1.165) is 12.8 Å². The number of halogens is 1. The van der Waals surface area contributed by atoms with E-state index in [2.05, 4.69) is 17.9 Å². The topological polar surface area (TPSA) is 46.2 Å². The molecule has 0 saturated carbocycles. The summed E-state index contributed by atoms with van der Waals surface area (Å²) >= 11 is 10.2. The summed E-state index contributed by atoms with van der Waals surface area (Å²) in [7, 11) is -0.718. The Morgan fingerprint density at radius 2 is 2.06 bits per heavy atom. The molecule has 1 aromatic rings. The van der Waals surface area contributed by atoms with E-state index in [1.54, 1.807) is 18.2 Å². The molecule has 1 saturated heterocycles. The fraction of sp³-hybridized carbons (Fsp3) is 0.417. The van der Waals surface area contributed by atoms with Crippen LogP contribution in [-0.2, 0) is 10.8 Å². The Balaban J connectivity index is 2.03. The molecule has 18 heavy (non-hydrogen) atoms. The largest absolute Gasteiger partial charge is 0.349 e. The highest BCUT2D eigenvalue weighted by atomic mass is 35.5. The quantitative estimate of drug-likeness (QED) is 0.823. The van der Waals surface area contributed by atoms with Crippen LogP contribution in [0.15, 0.2) is 23.1 Å². The summed E-state index contributed by atoms with van der Waals surface area (Å²) < 4.78 is 11.2. The molecule has 0 atom stereocenters. The van der Waals surface area contributed by atoms with Crippen LogP contribution >= 0.6 is 24.2 Å². The van der Waals surface area contributed by atoms with Crippen molar-refractivity contribution in [2.24, 2.45) is 0 Å². The van der Waals surface area contributed by atoms with E-state index in [4.69, 9.17) is 11.6 Å². The first kappa shape index (κ1) is 13.9. The fourth-order valence-corrected chi connectivity index (χ4v) is 3.59. The molecule has 0 aliphatic carbocycles. The first-order valence-electron chi connectivity index (χ1n) is 5.70. The number of rotatable bonds is 2. The van der Waals surface area contributed by atoms with Crippen molar-refractivity contribution in [1.29, 1.82) is 0 Å². The molecule has 0 aromatic heterocycles. The molecule has 0 unspecified atom stereocenters. The third kappa shape index (κ3) is 3.49. The van der Waals surface area contributed by atoms with Gasteiger partial charge in [0, 0.05) is 33.2 Å². The fourth-order valence-electron chi connectivity index (χ4n) is 1.89. The van der Waals surface area contributed by atoms with Crippen LogP contribution in [0.3, 0.4) is 0 Å². The second-order valence-electron chi connectivity index (χ2n) is 4.26. The van der Waals surface area contributed by atoms with Crippen LogP contribution in [0.25, 0.3) is 0 Å². The van der Waals surface area contributed by atoms with Crippen LogP contribution in [-0.4, -0.2) is 27.7 Å². The molecule has 98 valence electrons. The predicted octanol–water partition coefficient (Wildman–Crippen LogP) is 2.27. The Kier molecular flexibility index (Phi) is 4.70. The molecule has 1 fully saturated rings. The zero-order chi connectivity index (χ0) is 13.1. The maximum absolute atomic E-state index is 12.1. The molecule has 1 aliphatic rings. The summed E-state index contributed by atoms with van der Waals surface area (Å²) in [6.45, 7) is 0. The maximum Gasteiger partial charge on any atom is 0.253 e. The summed E-state index contributed by atoms with van der Waals surface area (Å²) in [6, 6.07) is 5.15. The lowest BCUT2D eigenvalue weighted by Gasteiger charge is -2.22. The molecular formula is C12H14ClNO2S2. The smallest absolute Gasteiger partial charge is 0.253 e. The van der Waals surface area contributed by atoms with E-state index < -0.39 is 10.8 Å². The average molecular weight is 304 g/mol. The first-order valence-corrected chi connectivity index (χ1v) is 8.02. The number of thiol groups is 1. The standard InChI is InChI=1S/C12H14ClNO2S2/c13-11-2-1-9(17)7-10(11)12(15)14-8-3-5-18(16)6-4-8/h1-2,7-8,17H,3-6H2,(H,14,15). The molecule has 1 aromatic carbocycles. The van der Waals surface area contributed by atoms with Crippen LogP contribution in [0, 0.1) is 0 Å². The summed E-state index contributed by atoms with van der Waals surface area (Å²) in [5, 5.41) is 3.35. The van der Waals surface area contributed by atoms with Crippen LogP contribution in [0.2, 0.25) is 5.02 Å². The molecular weight excluding hydrogens is 290 g/mol. The van der Waals surface area contributed by atoms with Gasteiger partial charge in [-0.2, -0.15) is 0 Å². The monoisotopic (exact) mass is 303 g/mol. The number of benzene rings is 1. The molecule has 0 spiro atoms. The van der Waals surface area contributed by atoms with E-state index in [0.29, 0.717) is 27.0 Å². The molecule has 3 nitrogen and oxygen atoms in total. The number of carbonyl (C=O) groups excluding carboxylic acids is 1. The van der Waals surface area contributed by atoms with Gasteiger partial charge < -0.3 is 5.32 Å². The van der Waals surface area contributed by atoms with Gasteiger partial charge in [-0.25, -0.2) is 0 Å². The molecule has 1 amide bonds. The van der Waals surface area contributed by atoms with E-state index in [1.807, 2.05) is 0 Å². The Morgan fingerprint density at radius 3 is 2.72 bits per heavy atom. The van der Waals surface area contributed by atoms with Crippen molar-refractivity contribution < 1.29 is 9.00 Å². The summed E-state index contributed by atoms with van der Waals surface area (Å²) in [5.74, 6) is 1.13. The Bertz CT molecular complexity index is 483. The number of amides is 1. The Morgan fingerprint density at radius 1 is 1.39 bits per heavy atom. The van der Waals surface area contributed by atoms with Crippen molar-refractivity contribution in [1.82, 2.24) is 5.32 Å². The van der Waals surface area contributed by atoms with E-state index >= 15 is 0 Å². The Hall–Kier alpha value is -0.520. The van der Waals surface area contributed by atoms with Crippen LogP contribution in [0.4, 0.5) is 0 Å². The normalized spacial score (nSPS) is 23.7. The Labute approximate surface area is 119 Å². The third-order valence-electron chi connectivity index (χ3n) is 2.92. The van der Waals surface area contributed by atoms with Gasteiger partial charge in [0.25, 0.3) is 5.91 Å². The van der Waals surface area contributed by atoms with Crippen molar-refractivity contribution in [2.45, 2.75) is 23.8 Å². The molecule has 2 rings (SSSR count). The van der Waals surface area contributed by atoms with Crippen LogP contribution in [0.1, 0.15) is 23.2 Å². The van der Waals surface area contributed by atoms with Crippen molar-refractivity contribution in [2.75, 3.05) is 11.5 Å². The lowest BCUT2D eigenvalue weighted by molar-refractivity contribution is 0.0934. The second-order valence-corrected chi connectivity index (χ2v) is 6.88. The number of carbonyl (C=O) groups is 1. The van der Waals surface area contributed by atoms with Gasteiger partial charge in [-0.05, 0) is 31.0 Å². The summed E-state index contributed by atoms with van der Waals surface area (Å²) in [6.07, 6.45) is 1.52. The van der Waals surface area contributed by atoms with Gasteiger partial charge in [0.05, 0.1) is 10.6 Å². The van der Waals surface area contributed by atoms with Gasteiger partial charge in [-0.3, -0.25) is 9.00 Å². The molecule has 1 heterocycles. The summed E-state index contributed by atoms with van der Waals surface area (Å²) in [4.78, 5) is 12.8. The van der Waals surface area contributed by atoms with Crippen molar-refractivity contribution in [3.05, 3.63) is 28.8 Å². The van der Waals surface area contributed by atoms with Crippen molar-refractivity contribution in [3.8, 4) is 0 Å². The third-order valence-corrected chi connectivity index (χ3v) is 4.91. The second kappa shape index (κ2) is 6.08. The molecule has 6 heteroatoms. The minimum Gasteiger partial charge on any atom is -0.349 e. The predicted molar refractivity (Wildman–Crippen MR) is 77.1 cm³/mol. The lowest BCUT2D eigenvalue weighted by Crippen LogP contribution is -2.39. The van der Waals surface area contributed by atoms with Gasteiger partial charge in [0.1, 0.15) is 0 Å². The molecule has 0 bridgehead atoms.